The number of allylic oxidation sites excluding steroid dienone is 1. The number of ether oxygens (including phenoxy) is 1. The van der Waals surface area contributed by atoms with Gasteiger partial charge in [0.2, 0.25) is 5.95 Å². The summed E-state index contributed by atoms with van der Waals surface area (Å²) in [6.07, 6.45) is 12.0. The summed E-state index contributed by atoms with van der Waals surface area (Å²) in [6.45, 7) is 3.18. The van der Waals surface area contributed by atoms with Gasteiger partial charge in [0.1, 0.15) is 5.52 Å². The zero-order chi connectivity index (χ0) is 23.0. The molecule has 8 nitrogen and oxygen atoms in total. The van der Waals surface area contributed by atoms with Crippen LogP contribution in [0.5, 0.6) is 0 Å². The molecule has 5 fully saturated rings. The highest BCUT2D eigenvalue weighted by molar-refractivity contribution is 5.72. The lowest BCUT2D eigenvalue weighted by atomic mass is 9.30. The van der Waals surface area contributed by atoms with Gasteiger partial charge in [-0.3, -0.25) is 9.13 Å². The number of anilines is 1. The summed E-state index contributed by atoms with van der Waals surface area (Å²) >= 11 is 0. The molecule has 0 amide bonds. The summed E-state index contributed by atoms with van der Waals surface area (Å²) < 4.78 is 9.50. The minimum Gasteiger partial charge on any atom is -0.396 e. The molecule has 1 aliphatic heterocycles. The monoisotopic (exact) mass is 461 g/mol. The standard InChI is InChI=1S/C26H31N5O3/c1-13-5-20-14(3-4-34-20)7-18(13)28-23-27-11-19-22(29-23)31(24(33)30(19)2)21-15-6-16-9-25(12-32)10-17(21)26(16,25)8-15/h5,7,11,14-17,20-21,32H,3-4,6,8-10,12H2,1-2H3,(H,27,28,29). The molecule has 8 atom stereocenters. The number of hydrogen-bond donors (Lipinski definition) is 2. The normalized spacial score (nSPS) is 43.1. The number of nitrogens with one attached hydrogen (secondary N) is 1. The van der Waals surface area contributed by atoms with E-state index >= 15 is 0 Å². The highest BCUT2D eigenvalue weighted by Crippen LogP contribution is 2.88. The number of aliphatic hydroxyl groups excluding tert-OH is 1. The van der Waals surface area contributed by atoms with Crippen molar-refractivity contribution >= 4 is 17.1 Å². The predicted octanol–water partition coefficient (Wildman–Crippen LogP) is 2.76. The first-order valence-corrected chi connectivity index (χ1v) is 12.8. The van der Waals surface area contributed by atoms with Crippen molar-refractivity contribution in [3.63, 3.8) is 0 Å². The van der Waals surface area contributed by atoms with E-state index in [-0.39, 0.29) is 28.7 Å². The van der Waals surface area contributed by atoms with Gasteiger partial charge in [-0.15, -0.1) is 0 Å². The summed E-state index contributed by atoms with van der Waals surface area (Å²) in [5.41, 5.74) is 4.07. The van der Waals surface area contributed by atoms with Crippen LogP contribution in [0.4, 0.5) is 5.95 Å². The topological polar surface area (TPSA) is 94.2 Å². The van der Waals surface area contributed by atoms with Gasteiger partial charge in [0.05, 0.1) is 12.3 Å². The van der Waals surface area contributed by atoms with E-state index in [1.165, 1.54) is 12.8 Å². The fourth-order valence-corrected chi connectivity index (χ4v) is 9.36. The van der Waals surface area contributed by atoms with Gasteiger partial charge in [0, 0.05) is 43.3 Å². The number of nitrogens with zero attached hydrogens (tertiary/aromatic N) is 4. The zero-order valence-electron chi connectivity index (χ0n) is 19.7. The Balaban J connectivity index is 1.19. The minimum absolute atomic E-state index is 0.00618. The van der Waals surface area contributed by atoms with Crippen LogP contribution < -0.4 is 11.0 Å². The van der Waals surface area contributed by atoms with E-state index in [9.17, 15) is 9.90 Å². The third kappa shape index (κ3) is 2.08. The Morgan fingerprint density at radius 2 is 2.18 bits per heavy atom. The maximum atomic E-state index is 13.5. The molecule has 4 saturated carbocycles. The number of aliphatic hydroxyl groups is 1. The molecule has 8 rings (SSSR count). The van der Waals surface area contributed by atoms with E-state index in [0.29, 0.717) is 30.3 Å². The van der Waals surface area contributed by atoms with Crippen molar-refractivity contribution < 1.29 is 9.84 Å². The van der Waals surface area contributed by atoms with Gasteiger partial charge in [-0.2, -0.15) is 4.98 Å². The van der Waals surface area contributed by atoms with Crippen LogP contribution in [0.1, 0.15) is 45.1 Å². The summed E-state index contributed by atoms with van der Waals surface area (Å²) in [4.78, 5) is 23.0. The molecule has 2 aromatic heterocycles. The molecule has 1 spiro atoms. The minimum atomic E-state index is 0.00618. The molecule has 178 valence electrons. The highest BCUT2D eigenvalue weighted by Gasteiger charge is 2.83. The van der Waals surface area contributed by atoms with Crippen LogP contribution in [0.2, 0.25) is 0 Å². The van der Waals surface area contributed by atoms with Gasteiger partial charge in [-0.25, -0.2) is 9.78 Å². The van der Waals surface area contributed by atoms with E-state index in [4.69, 9.17) is 9.72 Å². The molecule has 2 bridgehead atoms. The van der Waals surface area contributed by atoms with Crippen molar-refractivity contribution in [2.24, 2.45) is 41.5 Å². The highest BCUT2D eigenvalue weighted by atomic mass is 16.5. The number of aryl methyl sites for hydroxylation is 1. The van der Waals surface area contributed by atoms with Crippen LogP contribution in [-0.2, 0) is 11.8 Å². The van der Waals surface area contributed by atoms with Crippen LogP contribution in [0.3, 0.4) is 0 Å². The summed E-state index contributed by atoms with van der Waals surface area (Å²) in [5, 5.41) is 13.6. The fraction of sp³-hybridized carbons (Fsp3) is 0.654. The Morgan fingerprint density at radius 1 is 1.29 bits per heavy atom. The number of aromatic nitrogens is 4. The van der Waals surface area contributed by atoms with Crippen molar-refractivity contribution in [1.82, 2.24) is 19.1 Å². The van der Waals surface area contributed by atoms with Crippen LogP contribution in [-0.4, -0.2) is 43.5 Å². The summed E-state index contributed by atoms with van der Waals surface area (Å²) in [5.74, 6) is 2.65. The zero-order valence-corrected chi connectivity index (χ0v) is 19.7. The molecular weight excluding hydrogens is 430 g/mol. The van der Waals surface area contributed by atoms with Crippen molar-refractivity contribution in [2.75, 3.05) is 18.5 Å². The van der Waals surface area contributed by atoms with Crippen LogP contribution >= 0.6 is 0 Å². The Labute approximate surface area is 197 Å². The van der Waals surface area contributed by atoms with Crippen molar-refractivity contribution in [3.05, 3.63) is 40.1 Å². The molecular formula is C26H31N5O3. The van der Waals surface area contributed by atoms with E-state index < -0.39 is 0 Å². The van der Waals surface area contributed by atoms with Crippen LogP contribution in [0.15, 0.2) is 34.4 Å². The van der Waals surface area contributed by atoms with Crippen molar-refractivity contribution in [3.8, 4) is 0 Å². The lowest BCUT2D eigenvalue weighted by Gasteiger charge is -2.75. The van der Waals surface area contributed by atoms with Gasteiger partial charge in [0.25, 0.3) is 0 Å². The van der Waals surface area contributed by atoms with E-state index in [0.717, 1.165) is 54.2 Å². The van der Waals surface area contributed by atoms with Crippen LogP contribution in [0.25, 0.3) is 11.2 Å². The smallest absolute Gasteiger partial charge is 0.330 e. The van der Waals surface area contributed by atoms with Crippen LogP contribution in [0, 0.1) is 34.5 Å². The predicted molar refractivity (Wildman–Crippen MR) is 126 cm³/mol. The van der Waals surface area contributed by atoms with Gasteiger partial charge in [-0.05, 0) is 67.8 Å². The summed E-state index contributed by atoms with van der Waals surface area (Å²) in [7, 11) is 1.82. The molecule has 8 unspecified atom stereocenters. The Bertz CT molecular complexity index is 1370. The first-order valence-electron chi connectivity index (χ1n) is 12.8. The third-order valence-electron chi connectivity index (χ3n) is 10.8. The molecule has 1 saturated heterocycles. The number of imidazole rings is 1. The molecule has 5 aliphatic carbocycles. The molecule has 2 N–H and O–H groups in total. The molecule has 6 aliphatic rings. The van der Waals surface area contributed by atoms with Gasteiger partial charge >= 0.3 is 5.69 Å². The van der Waals surface area contributed by atoms with Gasteiger partial charge in [0.15, 0.2) is 5.65 Å². The maximum Gasteiger partial charge on any atom is 0.330 e. The maximum absolute atomic E-state index is 13.5. The SMILES string of the molecule is CC1=CC2OCCC2C=C1Nc1ncc2c(n1)n(C1C3CC4CC5(CO)CC1C45C3)c(=O)n2C. The first-order chi connectivity index (χ1) is 16.5. The average molecular weight is 462 g/mol. The van der Waals surface area contributed by atoms with E-state index in [2.05, 4.69) is 29.4 Å². The van der Waals surface area contributed by atoms with Crippen molar-refractivity contribution in [1.29, 1.82) is 0 Å². The van der Waals surface area contributed by atoms with E-state index in [1.54, 1.807) is 10.8 Å². The molecule has 0 aromatic carbocycles. The fourth-order valence-electron chi connectivity index (χ4n) is 9.36. The molecule has 2 aromatic rings. The van der Waals surface area contributed by atoms with E-state index in [1.807, 2.05) is 11.6 Å². The lowest BCUT2D eigenvalue weighted by Crippen LogP contribution is -2.71. The second kappa shape index (κ2) is 6.21. The second-order valence-electron chi connectivity index (χ2n) is 11.8. The molecule has 3 heterocycles. The molecule has 8 heteroatoms. The third-order valence-corrected chi connectivity index (χ3v) is 10.8. The quantitative estimate of drug-likeness (QED) is 0.727. The number of rotatable bonds is 4. The van der Waals surface area contributed by atoms with Crippen molar-refractivity contribution in [2.45, 2.75) is 51.2 Å². The first kappa shape index (κ1) is 19.8. The largest absolute Gasteiger partial charge is 0.396 e. The molecule has 34 heavy (non-hydrogen) atoms. The lowest BCUT2D eigenvalue weighted by molar-refractivity contribution is -0.284. The second-order valence-corrected chi connectivity index (χ2v) is 11.8. The number of fused-ring (bicyclic) bond motifs is 3. The summed E-state index contributed by atoms with van der Waals surface area (Å²) in [6, 6.07) is 0.182. The molecule has 0 radical (unpaired) electrons. The van der Waals surface area contributed by atoms with Gasteiger partial charge < -0.3 is 15.2 Å². The Hall–Kier alpha value is -2.45. The average Bonchev–Trinajstić information content (AvgIpc) is 3.54. The Morgan fingerprint density at radius 3 is 3.03 bits per heavy atom. The Kier molecular flexibility index (Phi) is 3.62. The van der Waals surface area contributed by atoms with Gasteiger partial charge in [-0.1, -0.05) is 12.2 Å². The number of hydrogen-bond acceptors (Lipinski definition) is 6.